The van der Waals surface area contributed by atoms with Gasteiger partial charge in [-0.1, -0.05) is 30.3 Å². The van der Waals surface area contributed by atoms with Gasteiger partial charge in [-0.3, -0.25) is 4.79 Å². The van der Waals surface area contributed by atoms with Gasteiger partial charge in [0.05, 0.1) is 0 Å². The smallest absolute Gasteiger partial charge is 0.322 e. The van der Waals surface area contributed by atoms with Crippen LogP contribution in [0.4, 0.5) is 11.4 Å². The molecule has 0 heterocycles. The van der Waals surface area contributed by atoms with Gasteiger partial charge in [-0.05, 0) is 23.8 Å². The maximum atomic E-state index is 10.6. The minimum Gasteiger partial charge on any atom is -0.480 e. The molecule has 0 atom stereocenters. The molecule has 0 bridgehead atoms. The number of nitrogens with two attached hydrogens (primary N) is 1. The molecule has 0 aliphatic rings. The molecule has 0 spiro atoms. The summed E-state index contributed by atoms with van der Waals surface area (Å²) >= 11 is 0. The van der Waals surface area contributed by atoms with E-state index in [1.807, 2.05) is 48.5 Å². The van der Waals surface area contributed by atoms with Gasteiger partial charge in [-0.25, -0.2) is 0 Å². The van der Waals surface area contributed by atoms with Crippen molar-refractivity contribution in [3.05, 3.63) is 48.5 Å². The van der Waals surface area contributed by atoms with E-state index in [-0.39, 0.29) is 6.54 Å². The van der Waals surface area contributed by atoms with E-state index in [0.29, 0.717) is 5.69 Å². The van der Waals surface area contributed by atoms with Crippen molar-refractivity contribution >= 4 is 17.3 Å². The molecule has 0 fully saturated rings. The summed E-state index contributed by atoms with van der Waals surface area (Å²) in [7, 11) is 0. The molecule has 0 amide bonds. The first kappa shape index (κ1) is 12.0. The number of hydrogen-bond acceptors (Lipinski definition) is 3. The number of aliphatic carboxylic acids is 1. The van der Waals surface area contributed by atoms with E-state index in [2.05, 4.69) is 5.32 Å². The minimum atomic E-state index is -0.887. The first-order chi connectivity index (χ1) is 8.66. The zero-order valence-corrected chi connectivity index (χ0v) is 9.76. The van der Waals surface area contributed by atoms with Crippen LogP contribution >= 0.6 is 0 Å². The Morgan fingerprint density at radius 3 is 2.44 bits per heavy atom. The van der Waals surface area contributed by atoms with Crippen molar-refractivity contribution in [3.63, 3.8) is 0 Å². The summed E-state index contributed by atoms with van der Waals surface area (Å²) in [4.78, 5) is 10.6. The molecule has 0 aromatic heterocycles. The van der Waals surface area contributed by atoms with Crippen molar-refractivity contribution in [2.45, 2.75) is 0 Å². The zero-order chi connectivity index (χ0) is 13.0. The van der Waals surface area contributed by atoms with E-state index in [4.69, 9.17) is 10.8 Å². The lowest BCUT2D eigenvalue weighted by Gasteiger charge is -2.10. The second-order valence-corrected chi connectivity index (χ2v) is 3.91. The highest BCUT2D eigenvalue weighted by atomic mass is 16.4. The summed E-state index contributed by atoms with van der Waals surface area (Å²) < 4.78 is 0. The minimum absolute atomic E-state index is 0.105. The molecule has 18 heavy (non-hydrogen) atoms. The van der Waals surface area contributed by atoms with E-state index in [1.165, 1.54) is 0 Å². The van der Waals surface area contributed by atoms with Crippen LogP contribution < -0.4 is 11.1 Å². The molecule has 0 saturated carbocycles. The number of para-hydroxylation sites is 1. The molecular weight excluding hydrogens is 228 g/mol. The quantitative estimate of drug-likeness (QED) is 0.720. The van der Waals surface area contributed by atoms with Crippen LogP contribution in [0.2, 0.25) is 0 Å². The molecule has 2 aromatic carbocycles. The average Bonchev–Trinajstić information content (AvgIpc) is 2.38. The Labute approximate surface area is 105 Å². The third-order valence-corrected chi connectivity index (χ3v) is 2.58. The van der Waals surface area contributed by atoms with Crippen molar-refractivity contribution in [1.29, 1.82) is 0 Å². The molecule has 4 N–H and O–H groups in total. The molecule has 2 aromatic rings. The third kappa shape index (κ3) is 2.79. The number of anilines is 2. The van der Waals surface area contributed by atoms with Crippen LogP contribution in [0.5, 0.6) is 0 Å². The van der Waals surface area contributed by atoms with E-state index in [1.54, 1.807) is 0 Å². The Morgan fingerprint density at radius 1 is 1.11 bits per heavy atom. The van der Waals surface area contributed by atoms with E-state index >= 15 is 0 Å². The molecule has 0 aliphatic carbocycles. The lowest BCUT2D eigenvalue weighted by molar-refractivity contribution is -0.134. The average molecular weight is 242 g/mol. The number of nitrogens with one attached hydrogen (secondary N) is 1. The van der Waals surface area contributed by atoms with E-state index in [0.717, 1.165) is 16.8 Å². The third-order valence-electron chi connectivity index (χ3n) is 2.58. The summed E-state index contributed by atoms with van der Waals surface area (Å²) in [6.07, 6.45) is 0. The second kappa shape index (κ2) is 5.23. The summed E-state index contributed by atoms with van der Waals surface area (Å²) in [5, 5.41) is 11.6. The Balaban J connectivity index is 2.32. The van der Waals surface area contributed by atoms with Crippen molar-refractivity contribution in [2.24, 2.45) is 0 Å². The highest BCUT2D eigenvalue weighted by molar-refractivity contribution is 5.81. The van der Waals surface area contributed by atoms with E-state index in [9.17, 15) is 4.79 Å². The molecule has 0 aliphatic heterocycles. The Morgan fingerprint density at radius 2 is 1.78 bits per heavy atom. The first-order valence-corrected chi connectivity index (χ1v) is 5.57. The summed E-state index contributed by atoms with van der Waals surface area (Å²) in [6, 6.07) is 15.0. The molecular formula is C14H14N2O2. The van der Waals surface area contributed by atoms with Crippen molar-refractivity contribution in [3.8, 4) is 11.1 Å². The maximum Gasteiger partial charge on any atom is 0.322 e. The fourth-order valence-electron chi connectivity index (χ4n) is 1.72. The number of rotatable bonds is 4. The van der Waals surface area contributed by atoms with Crippen LogP contribution in [0.3, 0.4) is 0 Å². The highest BCUT2D eigenvalue weighted by Crippen LogP contribution is 2.28. The second-order valence-electron chi connectivity index (χ2n) is 3.91. The van der Waals surface area contributed by atoms with Crippen LogP contribution in [-0.2, 0) is 4.79 Å². The Hall–Kier alpha value is -2.49. The first-order valence-electron chi connectivity index (χ1n) is 5.57. The van der Waals surface area contributed by atoms with Gasteiger partial charge in [-0.2, -0.15) is 0 Å². The molecule has 92 valence electrons. The SMILES string of the molecule is Nc1ccc(-c2ccccc2NCC(=O)O)cc1. The van der Waals surface area contributed by atoms with Gasteiger partial charge in [0.2, 0.25) is 0 Å². The maximum absolute atomic E-state index is 10.6. The van der Waals surface area contributed by atoms with Gasteiger partial charge in [0.25, 0.3) is 0 Å². The summed E-state index contributed by atoms with van der Waals surface area (Å²) in [6.45, 7) is -0.105. The van der Waals surface area contributed by atoms with Gasteiger partial charge in [0.15, 0.2) is 0 Å². The van der Waals surface area contributed by atoms with Gasteiger partial charge in [-0.15, -0.1) is 0 Å². The normalized spacial score (nSPS) is 10.0. The van der Waals surface area contributed by atoms with Gasteiger partial charge in [0, 0.05) is 16.9 Å². The van der Waals surface area contributed by atoms with Crippen LogP contribution in [-0.4, -0.2) is 17.6 Å². The van der Waals surface area contributed by atoms with Gasteiger partial charge < -0.3 is 16.2 Å². The summed E-state index contributed by atoms with van der Waals surface area (Å²) in [5.74, 6) is -0.887. The van der Waals surface area contributed by atoms with Gasteiger partial charge >= 0.3 is 5.97 Å². The van der Waals surface area contributed by atoms with Crippen LogP contribution in [0.1, 0.15) is 0 Å². The number of carboxylic acids is 1. The van der Waals surface area contributed by atoms with Gasteiger partial charge in [0.1, 0.15) is 6.54 Å². The van der Waals surface area contributed by atoms with Crippen molar-refractivity contribution in [1.82, 2.24) is 0 Å². The topological polar surface area (TPSA) is 75.3 Å². The summed E-state index contributed by atoms with van der Waals surface area (Å²) in [5.41, 5.74) is 9.10. The molecule has 2 rings (SSSR count). The number of carbonyl (C=O) groups is 1. The lowest BCUT2D eigenvalue weighted by Crippen LogP contribution is -2.12. The zero-order valence-electron chi connectivity index (χ0n) is 9.76. The van der Waals surface area contributed by atoms with Crippen molar-refractivity contribution < 1.29 is 9.90 Å². The number of carboxylic acid groups (broad SMARTS) is 1. The Bertz CT molecular complexity index is 550. The number of nitrogen functional groups attached to an aromatic ring is 1. The predicted molar refractivity (Wildman–Crippen MR) is 72.4 cm³/mol. The fraction of sp³-hybridized carbons (Fsp3) is 0.0714. The predicted octanol–water partition coefficient (Wildman–Crippen LogP) is 2.43. The molecule has 4 heteroatoms. The Kier molecular flexibility index (Phi) is 3.48. The monoisotopic (exact) mass is 242 g/mol. The number of hydrogen-bond donors (Lipinski definition) is 3. The number of benzene rings is 2. The lowest BCUT2D eigenvalue weighted by atomic mass is 10.0. The van der Waals surface area contributed by atoms with Crippen molar-refractivity contribution in [2.75, 3.05) is 17.6 Å². The molecule has 0 radical (unpaired) electrons. The van der Waals surface area contributed by atoms with Crippen LogP contribution in [0.25, 0.3) is 11.1 Å². The molecule has 4 nitrogen and oxygen atoms in total. The fourth-order valence-corrected chi connectivity index (χ4v) is 1.72. The standard InChI is InChI=1S/C14H14N2O2/c15-11-7-5-10(6-8-11)12-3-1-2-4-13(12)16-9-14(17)18/h1-8,16H,9,15H2,(H,17,18). The van der Waals surface area contributed by atoms with Crippen LogP contribution in [0, 0.1) is 0 Å². The highest BCUT2D eigenvalue weighted by Gasteiger charge is 2.05. The largest absolute Gasteiger partial charge is 0.480 e. The molecule has 0 saturated heterocycles. The molecule has 0 unspecified atom stereocenters. The van der Waals surface area contributed by atoms with Crippen LogP contribution in [0.15, 0.2) is 48.5 Å². The van der Waals surface area contributed by atoms with E-state index < -0.39 is 5.97 Å².